The van der Waals surface area contributed by atoms with Crippen molar-refractivity contribution in [2.24, 2.45) is 0 Å². The van der Waals surface area contributed by atoms with E-state index in [2.05, 4.69) is 12.9 Å². The minimum atomic E-state index is -5.95. The summed E-state index contributed by atoms with van der Waals surface area (Å²) in [4.78, 5) is 107. The topological polar surface area (TPSA) is 398 Å². The third-order valence-corrected chi connectivity index (χ3v) is 5.46. The molecule has 0 aliphatic heterocycles. The summed E-state index contributed by atoms with van der Waals surface area (Å²) in [5.74, 6) is 0. The van der Waals surface area contributed by atoms with Crippen molar-refractivity contribution in [2.75, 3.05) is 0 Å². The monoisotopic (exact) mass is 778 g/mol. The maximum atomic E-state index is 10.1. The summed E-state index contributed by atoms with van der Waals surface area (Å²) in [6, 6.07) is 0. The number of hydrogen-bond donors (Lipinski definition) is 3. The van der Waals surface area contributed by atoms with Crippen LogP contribution in [-0.2, 0) is 40.3 Å². The molecule has 38 heteroatoms. The van der Waals surface area contributed by atoms with Crippen LogP contribution in [0.15, 0.2) is 0 Å². The molecule has 38 heavy (non-hydrogen) atoms. The van der Waals surface area contributed by atoms with Gasteiger partial charge in [0.05, 0.1) is 23.5 Å². The molecule has 0 aromatic rings. The second-order valence-electron chi connectivity index (χ2n) is 2.99. The molecule has 0 spiro atoms. The predicted octanol–water partition coefficient (Wildman–Crippen LogP) is -41.1. The molecule has 0 radical (unpaired) electrons. The van der Waals surface area contributed by atoms with Gasteiger partial charge < -0.3 is 72.4 Å². The Morgan fingerprint density at radius 1 is 0.368 bits per heavy atom. The van der Waals surface area contributed by atoms with E-state index < -0.39 is 46.9 Å². The summed E-state index contributed by atoms with van der Waals surface area (Å²) >= 11 is 0. The molecule has 3 N–H and O–H groups in total. The molecule has 0 saturated carbocycles. The SMILES string of the molecule is O=P([O-])([O-])O.O=P([O-])([O-])OP(=O)([O-])O.O=P([O-])([O-])OP(=O)([O-])OP(=O)([O-])O.[Na+].[Na+].[Na+].[Na+].[Na+].[Na+].[Na+].[Na+].[Na+].[Na+].[Na+]. The molecule has 0 aromatic carbocycles. The van der Waals surface area contributed by atoms with Crippen molar-refractivity contribution in [3.63, 3.8) is 0 Å². The normalized spacial score (nSPS) is 13.6. The molecule has 3 unspecified atom stereocenters. The Bertz CT molecular complexity index is 684. The maximum Gasteiger partial charge on any atom is 1.00 e. The Morgan fingerprint density at radius 3 is 0.605 bits per heavy atom. The van der Waals surface area contributed by atoms with Crippen LogP contribution in [-0.4, -0.2) is 14.7 Å². The molecule has 21 nitrogen and oxygen atoms in total. The molecule has 0 saturated heterocycles. The largest absolute Gasteiger partial charge is 1.00 e. The van der Waals surface area contributed by atoms with Crippen molar-refractivity contribution in [3.05, 3.63) is 0 Å². The van der Waals surface area contributed by atoms with Crippen LogP contribution >= 0.6 is 46.9 Å². The summed E-state index contributed by atoms with van der Waals surface area (Å²) in [5, 5.41) is 0. The van der Waals surface area contributed by atoms with Crippen LogP contribution in [0.1, 0.15) is 0 Å². The molecule has 0 amide bonds. The fraction of sp³-hybridized carbons (Fsp3) is 0. The van der Waals surface area contributed by atoms with Crippen LogP contribution in [0.3, 0.4) is 0 Å². The van der Waals surface area contributed by atoms with Crippen molar-refractivity contribution < 1.29 is 424 Å². The van der Waals surface area contributed by atoms with Crippen molar-refractivity contribution in [1.82, 2.24) is 0 Å². The van der Waals surface area contributed by atoms with Gasteiger partial charge in [0, 0.05) is 0 Å². The Hall–Kier alpha value is 11.8. The fourth-order valence-corrected chi connectivity index (χ4v) is 3.78. The van der Waals surface area contributed by atoms with Gasteiger partial charge in [0.2, 0.25) is 0 Å². The number of rotatable bonds is 6. The minimum Gasteiger partial charge on any atom is -0.790 e. The van der Waals surface area contributed by atoms with Crippen LogP contribution in [0.2, 0.25) is 0 Å². The minimum absolute atomic E-state index is 0. The van der Waals surface area contributed by atoms with Crippen LogP contribution in [0.25, 0.3) is 0 Å². The van der Waals surface area contributed by atoms with E-state index >= 15 is 0 Å². The number of hydrogen-bond acceptors (Lipinski definition) is 18. The second-order valence-corrected chi connectivity index (χ2v) is 10.4. The van der Waals surface area contributed by atoms with Gasteiger partial charge in [0.15, 0.2) is 0 Å². The smallest absolute Gasteiger partial charge is 0.790 e. The number of phosphoric acid groups is 6. The predicted molar refractivity (Wildman–Crippen MR) is 55.6 cm³/mol. The molecule has 0 rings (SSSR count). The zero-order valence-electron chi connectivity index (χ0n) is 22.4. The van der Waals surface area contributed by atoms with Gasteiger partial charge >= 0.3 is 325 Å². The van der Waals surface area contributed by atoms with Crippen LogP contribution < -0.4 is 369 Å². The molecule has 0 aliphatic rings. The van der Waals surface area contributed by atoms with E-state index in [4.69, 9.17) is 29.0 Å². The summed E-state index contributed by atoms with van der Waals surface area (Å²) in [6.45, 7) is 0. The van der Waals surface area contributed by atoms with Crippen molar-refractivity contribution in [2.45, 2.75) is 0 Å². The summed E-state index contributed by atoms with van der Waals surface area (Å²) < 4.78 is 65.1. The first kappa shape index (κ1) is 92.5. The Morgan fingerprint density at radius 2 is 0.526 bits per heavy atom. The first-order valence-electron chi connectivity index (χ1n) is 4.43. The Kier molecular flexibility index (Phi) is 105. The molecule has 0 aliphatic carbocycles. The van der Waals surface area contributed by atoms with E-state index in [1.807, 2.05) is 0 Å². The Labute approximate surface area is 459 Å². The molecule has 3 atom stereocenters. The van der Waals surface area contributed by atoms with Gasteiger partial charge in [-0.2, -0.15) is 0 Å². The van der Waals surface area contributed by atoms with Gasteiger partial charge in [-0.05, 0) is 0 Å². The molecule has 0 aromatic heterocycles. The third-order valence-electron chi connectivity index (χ3n) is 0.606. The maximum absolute atomic E-state index is 10.1. The van der Waals surface area contributed by atoms with E-state index in [0.29, 0.717) is 0 Å². The molecule has 0 bridgehead atoms. The standard InChI is InChI=1S/11Na.H5O10P3.H4O7P2.H3O4P/c;;;;;;;;;;;1-11(2,3)9-13(7,8)10-12(4,5)6;1-8(2,3)7-9(4,5)6;1-5(2,3)4/h;;;;;;;;;;;(H,7,8)(H2,1,2,3)(H2,4,5,6);(H2,1,2,3)(H2,4,5,6);(H3,1,2,3,4)/q11*+1;;;/p-9. The fourth-order valence-electron chi connectivity index (χ4n) is 0.390. The van der Waals surface area contributed by atoms with Crippen LogP contribution in [0.4, 0.5) is 0 Å². The second kappa shape index (κ2) is 43.2. The average molecular weight is 778 g/mol. The third kappa shape index (κ3) is 118. The van der Waals surface area contributed by atoms with Crippen molar-refractivity contribution in [1.29, 1.82) is 0 Å². The van der Waals surface area contributed by atoms with Crippen molar-refractivity contribution in [3.8, 4) is 0 Å². The zero-order chi connectivity index (χ0) is 23.1. The van der Waals surface area contributed by atoms with Gasteiger partial charge in [-0.1, -0.05) is 0 Å². The first-order valence-corrected chi connectivity index (χ1v) is 13.3. The molecular formula is H3Na11O21P6+2. The van der Waals surface area contributed by atoms with E-state index in [1.54, 1.807) is 0 Å². The molecule has 168 valence electrons. The Balaban J connectivity index is -0.0000000175. The van der Waals surface area contributed by atoms with Gasteiger partial charge in [0.1, 0.15) is 0 Å². The van der Waals surface area contributed by atoms with E-state index in [0.717, 1.165) is 0 Å². The van der Waals surface area contributed by atoms with E-state index in [9.17, 15) is 57.1 Å². The van der Waals surface area contributed by atoms with E-state index in [1.165, 1.54) is 0 Å². The molecular weight excluding hydrogens is 775 g/mol. The molecule has 0 fully saturated rings. The van der Waals surface area contributed by atoms with Gasteiger partial charge in [0.25, 0.3) is 23.5 Å². The summed E-state index contributed by atoms with van der Waals surface area (Å²) in [7, 11) is -33.7. The van der Waals surface area contributed by atoms with Crippen molar-refractivity contribution >= 4 is 46.9 Å². The molecule has 0 heterocycles. The van der Waals surface area contributed by atoms with Crippen LogP contribution in [0, 0.1) is 0 Å². The summed E-state index contributed by atoms with van der Waals surface area (Å²) in [6.07, 6.45) is 0. The summed E-state index contributed by atoms with van der Waals surface area (Å²) in [5.41, 5.74) is 0. The quantitative estimate of drug-likeness (QED) is 0.166. The average Bonchev–Trinajstić information content (AvgIpc) is 1.96. The van der Waals surface area contributed by atoms with Gasteiger partial charge in [-0.3, -0.25) is 22.3 Å². The van der Waals surface area contributed by atoms with Gasteiger partial charge in [-0.25, -0.2) is 4.31 Å². The first-order chi connectivity index (χ1) is 11.1. The van der Waals surface area contributed by atoms with E-state index in [-0.39, 0.29) is 325 Å². The van der Waals surface area contributed by atoms with Crippen LogP contribution in [0.5, 0.6) is 0 Å². The van der Waals surface area contributed by atoms with Gasteiger partial charge in [-0.15, -0.1) is 0 Å². The zero-order valence-corrected chi connectivity index (χ0v) is 49.7.